The molecule has 182 valence electrons. The smallest absolute Gasteiger partial charge is 0.254 e. The third kappa shape index (κ3) is 2.14. The second kappa shape index (κ2) is 6.64. The molecule has 2 bridgehead atoms. The second-order valence-electron chi connectivity index (χ2n) is 10.1. The molecule has 0 aliphatic carbocycles. The molecule has 3 aliphatic rings. The van der Waals surface area contributed by atoms with Crippen molar-refractivity contribution in [1.29, 1.82) is 0 Å². The highest BCUT2D eigenvalue weighted by Gasteiger charge is 2.53. The van der Waals surface area contributed by atoms with Gasteiger partial charge in [0.15, 0.2) is 12.0 Å². The maximum atomic E-state index is 13.3. The van der Waals surface area contributed by atoms with Crippen molar-refractivity contribution in [1.82, 2.24) is 19.9 Å². The molecule has 1 saturated heterocycles. The summed E-state index contributed by atoms with van der Waals surface area (Å²) in [7, 11) is 1.62. The number of para-hydroxylation sites is 2. The van der Waals surface area contributed by atoms with E-state index in [9.17, 15) is 15.1 Å². The first-order valence-electron chi connectivity index (χ1n) is 12.1. The SMILES string of the molecule is CO[C@@H]1[C@H](NO)C[C@H]2O[C@]1(C)n1c3ccccc3c3c4c(c5c6ccccc6n2c5c31)C(=O)NC4O. The average Bonchev–Trinajstić information content (AvgIpc) is 3.48. The summed E-state index contributed by atoms with van der Waals surface area (Å²) in [5.74, 6) is -0.289. The van der Waals surface area contributed by atoms with Gasteiger partial charge in [0, 0.05) is 40.6 Å². The number of methoxy groups -OCH3 is 1. The van der Waals surface area contributed by atoms with Crippen molar-refractivity contribution in [2.24, 2.45) is 0 Å². The van der Waals surface area contributed by atoms with E-state index in [1.165, 1.54) is 0 Å². The second-order valence-corrected chi connectivity index (χ2v) is 10.1. The highest BCUT2D eigenvalue weighted by atomic mass is 16.6. The van der Waals surface area contributed by atoms with Gasteiger partial charge in [-0.1, -0.05) is 36.4 Å². The molecule has 0 spiro atoms. The molecule has 9 nitrogen and oxygen atoms in total. The van der Waals surface area contributed by atoms with Crippen LogP contribution in [0.1, 0.15) is 41.7 Å². The molecule has 0 radical (unpaired) electrons. The first-order chi connectivity index (χ1) is 17.5. The molecule has 1 fully saturated rings. The summed E-state index contributed by atoms with van der Waals surface area (Å²) in [5, 5.41) is 27.5. The first-order valence-corrected chi connectivity index (χ1v) is 12.1. The zero-order valence-electron chi connectivity index (χ0n) is 19.6. The van der Waals surface area contributed by atoms with E-state index in [-0.39, 0.29) is 5.91 Å². The minimum absolute atomic E-state index is 0.289. The number of ether oxygens (including phenoxy) is 2. The van der Waals surface area contributed by atoms with Crippen LogP contribution in [0, 0.1) is 0 Å². The van der Waals surface area contributed by atoms with Crippen molar-refractivity contribution < 1.29 is 24.6 Å². The number of aliphatic hydroxyl groups excluding tert-OH is 1. The van der Waals surface area contributed by atoms with Crippen molar-refractivity contribution in [2.75, 3.05) is 7.11 Å². The fraction of sp³-hybridized carbons (Fsp3) is 0.296. The molecule has 3 aromatic carbocycles. The molecule has 2 aromatic heterocycles. The number of hydrogen-bond donors (Lipinski definition) is 4. The van der Waals surface area contributed by atoms with E-state index in [2.05, 4.69) is 19.9 Å². The minimum atomic E-state index is -1.13. The number of benzene rings is 3. The molecule has 0 saturated carbocycles. The standard InChI is InChI=1S/C27H24N4O5/c1-27-24(35-2)14(29-34)11-17(36-27)30-15-9-5-3-7-12(15)18-20-21(26(33)28-25(20)32)19-13-8-4-6-10-16(13)31(27)23(19)22(18)30/h3-10,14,17,24,26,29,33-34H,11H2,1-2H3,(H,28,32)/t14-,17-,24-,26?,27+/m1/s1. The molecular formula is C27H24N4O5. The van der Waals surface area contributed by atoms with Crippen LogP contribution in [0.25, 0.3) is 43.6 Å². The molecular weight excluding hydrogens is 460 g/mol. The van der Waals surface area contributed by atoms with Gasteiger partial charge in [-0.05, 0) is 19.1 Å². The van der Waals surface area contributed by atoms with Crippen LogP contribution < -0.4 is 10.8 Å². The summed E-state index contributed by atoms with van der Waals surface area (Å²) >= 11 is 0. The van der Waals surface area contributed by atoms with Gasteiger partial charge in [0.1, 0.15) is 12.3 Å². The predicted octanol–water partition coefficient (Wildman–Crippen LogP) is 3.60. The number of carbonyl (C=O) groups is 1. The summed E-state index contributed by atoms with van der Waals surface area (Å²) in [5.41, 5.74) is 6.15. The van der Waals surface area contributed by atoms with E-state index in [4.69, 9.17) is 9.47 Å². The Bertz CT molecular complexity index is 1790. The van der Waals surface area contributed by atoms with Gasteiger partial charge in [0.25, 0.3) is 5.91 Å². The fourth-order valence-electron chi connectivity index (χ4n) is 7.23. The average molecular weight is 485 g/mol. The molecule has 4 N–H and O–H groups in total. The lowest BCUT2D eigenvalue weighted by molar-refractivity contribution is -0.264. The van der Waals surface area contributed by atoms with Gasteiger partial charge in [-0.2, -0.15) is 5.48 Å². The van der Waals surface area contributed by atoms with Crippen LogP contribution in [0.15, 0.2) is 48.5 Å². The Morgan fingerprint density at radius 3 is 2.50 bits per heavy atom. The van der Waals surface area contributed by atoms with Crippen molar-refractivity contribution in [3.63, 3.8) is 0 Å². The highest BCUT2D eigenvalue weighted by Crippen LogP contribution is 2.54. The maximum absolute atomic E-state index is 13.3. The lowest BCUT2D eigenvalue weighted by atomic mass is 9.93. The molecule has 9 heteroatoms. The zero-order chi connectivity index (χ0) is 24.5. The van der Waals surface area contributed by atoms with Crippen molar-refractivity contribution >= 4 is 49.5 Å². The van der Waals surface area contributed by atoms with Crippen LogP contribution in [0.4, 0.5) is 0 Å². The summed E-state index contributed by atoms with van der Waals surface area (Å²) in [6.45, 7) is 1.98. The summed E-state index contributed by atoms with van der Waals surface area (Å²) in [6.07, 6.45) is -1.64. The van der Waals surface area contributed by atoms with Crippen LogP contribution in [0.2, 0.25) is 0 Å². The maximum Gasteiger partial charge on any atom is 0.254 e. The number of aromatic nitrogens is 2. The number of nitrogens with one attached hydrogen (secondary N) is 2. The van der Waals surface area contributed by atoms with Crippen molar-refractivity contribution in [3.8, 4) is 0 Å². The molecule has 36 heavy (non-hydrogen) atoms. The third-order valence-electron chi connectivity index (χ3n) is 8.44. The quantitative estimate of drug-likeness (QED) is 0.285. The van der Waals surface area contributed by atoms with Gasteiger partial charge < -0.3 is 34.2 Å². The molecule has 3 aliphatic heterocycles. The Labute approximate surface area is 204 Å². The lowest BCUT2D eigenvalue weighted by Crippen LogP contribution is -2.59. The van der Waals surface area contributed by atoms with E-state index < -0.39 is 30.3 Å². The topological polar surface area (TPSA) is 110 Å². The van der Waals surface area contributed by atoms with E-state index in [1.807, 2.05) is 55.5 Å². The third-order valence-corrected chi connectivity index (χ3v) is 8.44. The Morgan fingerprint density at radius 1 is 1.08 bits per heavy atom. The van der Waals surface area contributed by atoms with Crippen LogP contribution in [0.5, 0.6) is 0 Å². The number of aliphatic hydroxyl groups is 1. The fourth-order valence-corrected chi connectivity index (χ4v) is 7.23. The van der Waals surface area contributed by atoms with Crippen LogP contribution in [-0.2, 0) is 15.2 Å². The lowest BCUT2D eigenvalue weighted by Gasteiger charge is -2.47. The van der Waals surface area contributed by atoms with E-state index in [0.29, 0.717) is 17.5 Å². The van der Waals surface area contributed by atoms with Crippen LogP contribution >= 0.6 is 0 Å². The number of hydrogen-bond acceptors (Lipinski definition) is 6. The highest BCUT2D eigenvalue weighted by molar-refractivity contribution is 6.31. The monoisotopic (exact) mass is 484 g/mol. The van der Waals surface area contributed by atoms with Gasteiger partial charge in [-0.3, -0.25) is 4.79 Å². The largest absolute Gasteiger partial charge is 0.375 e. The Hall–Kier alpha value is -3.47. The van der Waals surface area contributed by atoms with Gasteiger partial charge in [0.05, 0.1) is 33.7 Å². The Balaban J connectivity index is 1.73. The Kier molecular flexibility index (Phi) is 3.82. The van der Waals surface area contributed by atoms with Crippen LogP contribution in [0.3, 0.4) is 0 Å². The number of carbonyl (C=O) groups excluding carboxylic acids is 1. The number of fused-ring (bicyclic) bond motifs is 13. The van der Waals surface area contributed by atoms with E-state index in [0.717, 1.165) is 43.6 Å². The zero-order valence-corrected chi connectivity index (χ0v) is 19.6. The summed E-state index contributed by atoms with van der Waals surface area (Å²) < 4.78 is 17.2. The number of nitrogens with zero attached hydrogens (tertiary/aromatic N) is 2. The first kappa shape index (κ1) is 20.7. The van der Waals surface area contributed by atoms with E-state index >= 15 is 0 Å². The number of hydroxylamine groups is 1. The Morgan fingerprint density at radius 2 is 1.78 bits per heavy atom. The van der Waals surface area contributed by atoms with Gasteiger partial charge in [-0.15, -0.1) is 0 Å². The van der Waals surface area contributed by atoms with Crippen LogP contribution in [-0.4, -0.2) is 44.6 Å². The van der Waals surface area contributed by atoms with Crippen molar-refractivity contribution in [3.05, 3.63) is 59.7 Å². The minimum Gasteiger partial charge on any atom is -0.375 e. The van der Waals surface area contributed by atoms with Crippen molar-refractivity contribution in [2.45, 2.75) is 43.7 Å². The molecule has 1 unspecified atom stereocenters. The normalized spacial score (nSPS) is 28.9. The molecule has 1 amide bonds. The van der Waals surface area contributed by atoms with Gasteiger partial charge in [-0.25, -0.2) is 0 Å². The summed E-state index contributed by atoms with van der Waals surface area (Å²) in [6, 6.07) is 15.5. The van der Waals surface area contributed by atoms with E-state index in [1.54, 1.807) is 7.11 Å². The molecule has 8 rings (SSSR count). The number of amides is 1. The number of rotatable bonds is 2. The van der Waals surface area contributed by atoms with Gasteiger partial charge >= 0.3 is 0 Å². The molecule has 5 atom stereocenters. The molecule has 5 aromatic rings. The molecule has 5 heterocycles. The van der Waals surface area contributed by atoms with Gasteiger partial charge in [0.2, 0.25) is 0 Å². The predicted molar refractivity (Wildman–Crippen MR) is 133 cm³/mol. The summed E-state index contributed by atoms with van der Waals surface area (Å²) in [4.78, 5) is 13.3.